The van der Waals surface area contributed by atoms with Crippen molar-refractivity contribution in [3.8, 4) is 0 Å². The third kappa shape index (κ3) is 51.6. The van der Waals surface area contributed by atoms with E-state index < -0.39 is 6.10 Å². The predicted octanol–water partition coefficient (Wildman–Crippen LogP) is 18.4. The summed E-state index contributed by atoms with van der Waals surface area (Å²) in [6.07, 6.45) is 69.9. The highest BCUT2D eigenvalue weighted by Crippen LogP contribution is 2.14. The van der Waals surface area contributed by atoms with E-state index in [0.717, 1.165) is 96.3 Å². The molecule has 0 saturated carbocycles. The maximum absolute atomic E-state index is 12.8. The summed E-state index contributed by atoms with van der Waals surface area (Å²) in [4.78, 5) is 38.1. The number of carbonyl (C=O) groups is 3. The number of hydrogen-bond donors (Lipinski definition) is 0. The summed E-state index contributed by atoms with van der Waals surface area (Å²) >= 11 is 0. The monoisotopic (exact) mass is 919 g/mol. The Balaban J connectivity index is 4.46. The molecule has 0 aliphatic rings. The minimum Gasteiger partial charge on any atom is -0.462 e. The lowest BCUT2D eigenvalue weighted by molar-refractivity contribution is -0.167. The Hall–Kier alpha value is -3.41. The van der Waals surface area contributed by atoms with Gasteiger partial charge in [0, 0.05) is 19.3 Å². The highest BCUT2D eigenvalue weighted by atomic mass is 16.6. The van der Waals surface area contributed by atoms with Crippen LogP contribution in [0, 0.1) is 0 Å². The molecule has 66 heavy (non-hydrogen) atoms. The molecular weight excluding hydrogens is 817 g/mol. The molecule has 0 spiro atoms. The lowest BCUT2D eigenvalue weighted by Crippen LogP contribution is -2.30. The van der Waals surface area contributed by atoms with Gasteiger partial charge in [-0.15, -0.1) is 0 Å². The van der Waals surface area contributed by atoms with Crippen molar-refractivity contribution in [2.45, 2.75) is 264 Å². The molecule has 1 unspecified atom stereocenters. The number of allylic oxidation sites excluding steroid dienone is 14. The van der Waals surface area contributed by atoms with E-state index in [1.807, 2.05) is 0 Å². The highest BCUT2D eigenvalue weighted by molar-refractivity contribution is 5.71. The number of ether oxygens (including phenoxy) is 3. The van der Waals surface area contributed by atoms with Gasteiger partial charge >= 0.3 is 17.9 Å². The zero-order valence-electron chi connectivity index (χ0n) is 43.2. The van der Waals surface area contributed by atoms with Gasteiger partial charge in [-0.2, -0.15) is 0 Å². The molecular formula is C60H102O6. The predicted molar refractivity (Wildman–Crippen MR) is 284 cm³/mol. The lowest BCUT2D eigenvalue weighted by atomic mass is 10.1. The topological polar surface area (TPSA) is 78.9 Å². The van der Waals surface area contributed by atoms with Crippen LogP contribution in [0.25, 0.3) is 0 Å². The first-order valence-corrected chi connectivity index (χ1v) is 27.6. The van der Waals surface area contributed by atoms with Gasteiger partial charge in [0.05, 0.1) is 0 Å². The van der Waals surface area contributed by atoms with Gasteiger partial charge in [0.15, 0.2) is 6.10 Å². The second-order valence-electron chi connectivity index (χ2n) is 18.1. The Kier molecular flexibility index (Phi) is 51.4. The molecule has 0 heterocycles. The first-order valence-electron chi connectivity index (χ1n) is 27.6. The Morgan fingerprint density at radius 2 is 0.636 bits per heavy atom. The molecule has 6 nitrogen and oxygen atoms in total. The first-order chi connectivity index (χ1) is 32.5. The van der Waals surface area contributed by atoms with E-state index in [-0.39, 0.29) is 37.5 Å². The van der Waals surface area contributed by atoms with Crippen molar-refractivity contribution in [1.29, 1.82) is 0 Å². The summed E-state index contributed by atoms with van der Waals surface area (Å²) in [6, 6.07) is 0. The fourth-order valence-electron chi connectivity index (χ4n) is 7.48. The Morgan fingerprint density at radius 3 is 1.08 bits per heavy atom. The Bertz CT molecular complexity index is 1290. The molecule has 1 atom stereocenters. The third-order valence-corrected chi connectivity index (χ3v) is 11.6. The molecule has 6 heteroatoms. The van der Waals surface area contributed by atoms with Crippen molar-refractivity contribution in [1.82, 2.24) is 0 Å². The summed E-state index contributed by atoms with van der Waals surface area (Å²) in [7, 11) is 0. The molecule has 0 N–H and O–H groups in total. The summed E-state index contributed by atoms with van der Waals surface area (Å²) in [5, 5.41) is 0. The molecule has 378 valence electrons. The summed E-state index contributed by atoms with van der Waals surface area (Å²) in [5.41, 5.74) is 0. The van der Waals surface area contributed by atoms with E-state index in [0.29, 0.717) is 12.8 Å². The molecule has 0 aromatic carbocycles. The minimum atomic E-state index is -0.800. The maximum atomic E-state index is 12.8. The number of carbonyl (C=O) groups excluding carboxylic acids is 3. The molecule has 0 aromatic heterocycles. The molecule has 0 amide bonds. The molecule has 0 bridgehead atoms. The second-order valence-corrected chi connectivity index (χ2v) is 18.1. The van der Waals surface area contributed by atoms with E-state index in [1.54, 1.807) is 0 Å². The molecule has 0 saturated heterocycles. The van der Waals surface area contributed by atoms with Crippen molar-refractivity contribution >= 4 is 17.9 Å². The molecule has 0 fully saturated rings. The van der Waals surface area contributed by atoms with Crippen LogP contribution in [0.15, 0.2) is 85.1 Å². The van der Waals surface area contributed by atoms with Crippen molar-refractivity contribution in [3.63, 3.8) is 0 Å². The van der Waals surface area contributed by atoms with E-state index in [9.17, 15) is 14.4 Å². The normalized spacial score (nSPS) is 12.7. The zero-order valence-corrected chi connectivity index (χ0v) is 43.2. The van der Waals surface area contributed by atoms with Gasteiger partial charge in [0.2, 0.25) is 0 Å². The van der Waals surface area contributed by atoms with Gasteiger partial charge in [-0.05, 0) is 109 Å². The van der Waals surface area contributed by atoms with Crippen LogP contribution < -0.4 is 0 Å². The molecule has 0 aliphatic carbocycles. The van der Waals surface area contributed by atoms with Crippen LogP contribution in [0.1, 0.15) is 258 Å². The van der Waals surface area contributed by atoms with E-state index >= 15 is 0 Å². The van der Waals surface area contributed by atoms with Gasteiger partial charge in [-0.25, -0.2) is 0 Å². The van der Waals surface area contributed by atoms with Gasteiger partial charge in [-0.3, -0.25) is 14.4 Å². The van der Waals surface area contributed by atoms with Crippen molar-refractivity contribution in [3.05, 3.63) is 85.1 Å². The maximum Gasteiger partial charge on any atom is 0.306 e. The van der Waals surface area contributed by atoms with Crippen LogP contribution in [0.5, 0.6) is 0 Å². The van der Waals surface area contributed by atoms with Crippen LogP contribution in [0.4, 0.5) is 0 Å². The minimum absolute atomic E-state index is 0.0957. The first kappa shape index (κ1) is 62.6. The molecule has 0 radical (unpaired) electrons. The van der Waals surface area contributed by atoms with Crippen LogP contribution in [0.3, 0.4) is 0 Å². The Labute approximate surface area is 407 Å². The number of hydrogen-bond acceptors (Lipinski definition) is 6. The second kappa shape index (κ2) is 54.2. The fraction of sp³-hybridized carbons (Fsp3) is 0.717. The fourth-order valence-corrected chi connectivity index (χ4v) is 7.48. The zero-order chi connectivity index (χ0) is 47.9. The van der Waals surface area contributed by atoms with Crippen LogP contribution in [-0.4, -0.2) is 37.2 Å². The Morgan fingerprint density at radius 1 is 0.333 bits per heavy atom. The number of unbranched alkanes of at least 4 members (excludes halogenated alkanes) is 25. The third-order valence-electron chi connectivity index (χ3n) is 11.6. The van der Waals surface area contributed by atoms with Crippen LogP contribution in [-0.2, 0) is 28.6 Å². The van der Waals surface area contributed by atoms with Crippen LogP contribution in [0.2, 0.25) is 0 Å². The smallest absolute Gasteiger partial charge is 0.306 e. The summed E-state index contributed by atoms with van der Waals surface area (Å²) in [6.45, 7) is 6.46. The van der Waals surface area contributed by atoms with Crippen molar-refractivity contribution in [2.75, 3.05) is 13.2 Å². The average Bonchev–Trinajstić information content (AvgIpc) is 3.31. The molecule has 0 aromatic rings. The molecule has 0 rings (SSSR count). The van der Waals surface area contributed by atoms with Gasteiger partial charge in [0.25, 0.3) is 0 Å². The standard InChI is InChI=1S/C60H102O6/c1-4-7-10-13-16-19-22-25-28-30-33-35-38-41-44-47-50-53-59(62)65-56-57(55-64-58(61)52-49-46-43-40-37-34-31-27-24-21-18-15-12-9-6-3)66-60(63)54-51-48-45-42-39-36-32-29-26-23-20-17-14-11-8-5-2/h8,11,17-18,20-21,24-29,36,39,57H,4-7,9-10,12-16,19,22-23,30-35,37-38,40-56H2,1-3H3/b11-8-,20-17-,21-18-,27-24-,28-25-,29-26-,39-36-. The largest absolute Gasteiger partial charge is 0.462 e. The molecule has 0 aliphatic heterocycles. The average molecular weight is 919 g/mol. The summed E-state index contributed by atoms with van der Waals surface area (Å²) in [5.74, 6) is -0.940. The SMILES string of the molecule is CC/C=C\C/C=C\C/C=C\C/C=C\CCCCCC(=O)OC(COC(=O)CCCCCCCC/C=C\C=C/CCCCC)COC(=O)CCCCCCCCC/C=C\CCCCCCCC. The van der Waals surface area contributed by atoms with Crippen molar-refractivity contribution in [2.24, 2.45) is 0 Å². The lowest BCUT2D eigenvalue weighted by Gasteiger charge is -2.18. The van der Waals surface area contributed by atoms with Crippen LogP contribution >= 0.6 is 0 Å². The number of esters is 3. The summed E-state index contributed by atoms with van der Waals surface area (Å²) < 4.78 is 16.8. The van der Waals surface area contributed by atoms with Crippen molar-refractivity contribution < 1.29 is 28.6 Å². The van der Waals surface area contributed by atoms with Gasteiger partial charge in [0.1, 0.15) is 13.2 Å². The number of rotatable bonds is 49. The van der Waals surface area contributed by atoms with E-state index in [4.69, 9.17) is 14.2 Å². The highest BCUT2D eigenvalue weighted by Gasteiger charge is 2.19. The van der Waals surface area contributed by atoms with E-state index in [1.165, 1.54) is 122 Å². The van der Waals surface area contributed by atoms with Gasteiger partial charge in [-0.1, -0.05) is 215 Å². The van der Waals surface area contributed by atoms with Gasteiger partial charge < -0.3 is 14.2 Å². The van der Waals surface area contributed by atoms with E-state index in [2.05, 4.69) is 106 Å². The quantitative estimate of drug-likeness (QED) is 0.0199.